The van der Waals surface area contributed by atoms with Crippen molar-refractivity contribution in [2.45, 2.75) is 6.92 Å². The minimum absolute atomic E-state index is 0.922. The van der Waals surface area contributed by atoms with E-state index in [1.807, 2.05) is 30.5 Å². The summed E-state index contributed by atoms with van der Waals surface area (Å²) in [5, 5.41) is 7.38. The van der Waals surface area contributed by atoms with Crippen LogP contribution in [-0.2, 0) is 0 Å². The van der Waals surface area contributed by atoms with Gasteiger partial charge >= 0.3 is 0 Å². The number of rotatable bonds is 2. The zero-order valence-corrected chi connectivity index (χ0v) is 10.2. The van der Waals surface area contributed by atoms with Gasteiger partial charge in [-0.05, 0) is 31.2 Å². The third-order valence-electron chi connectivity index (χ3n) is 2.47. The predicted molar refractivity (Wildman–Crippen MR) is 71.9 cm³/mol. The maximum absolute atomic E-state index is 4.38. The molecule has 1 N–H and O–H groups in total. The lowest BCUT2D eigenvalue weighted by Gasteiger charge is -2.03. The van der Waals surface area contributed by atoms with Gasteiger partial charge in [0, 0.05) is 22.7 Å². The van der Waals surface area contributed by atoms with E-state index >= 15 is 0 Å². The molecule has 2 aromatic heterocycles. The molecule has 0 fully saturated rings. The predicted octanol–water partition coefficient (Wildman–Crippen LogP) is 3.74. The highest BCUT2D eigenvalue weighted by Crippen LogP contribution is 2.23. The van der Waals surface area contributed by atoms with Gasteiger partial charge in [0.1, 0.15) is 0 Å². The Bertz CT molecular complexity index is 660. The molecule has 0 radical (unpaired) electrons. The first kappa shape index (κ1) is 10.2. The number of benzene rings is 1. The summed E-state index contributed by atoms with van der Waals surface area (Å²) < 4.78 is 0. The van der Waals surface area contributed by atoms with Gasteiger partial charge in [0.05, 0.1) is 11.2 Å². The zero-order valence-electron chi connectivity index (χ0n) is 9.34. The highest BCUT2D eigenvalue weighted by molar-refractivity contribution is 7.13. The van der Waals surface area contributed by atoms with Crippen LogP contribution >= 0.6 is 11.3 Å². The van der Waals surface area contributed by atoms with Gasteiger partial charge in [-0.25, -0.2) is 4.98 Å². The quantitative estimate of drug-likeness (QED) is 0.742. The van der Waals surface area contributed by atoms with E-state index in [1.165, 1.54) is 0 Å². The van der Waals surface area contributed by atoms with Crippen LogP contribution in [0.15, 0.2) is 41.9 Å². The molecule has 0 aliphatic heterocycles. The standard InChI is InChI=1S/C13H11N3S/c1-9-8-17-13(15-9)16-11-4-5-12-10(7-11)3-2-6-14-12/h2-8H,1H3,(H,15,16). The lowest BCUT2D eigenvalue weighted by atomic mass is 10.2. The van der Waals surface area contributed by atoms with Crippen molar-refractivity contribution in [3.63, 3.8) is 0 Å². The van der Waals surface area contributed by atoms with Crippen LogP contribution in [0.25, 0.3) is 10.9 Å². The van der Waals surface area contributed by atoms with E-state index in [0.717, 1.165) is 27.4 Å². The molecule has 84 valence electrons. The summed E-state index contributed by atoms with van der Waals surface area (Å²) in [6, 6.07) is 10.1. The molecular weight excluding hydrogens is 230 g/mol. The number of thiazole rings is 1. The third kappa shape index (κ3) is 2.12. The largest absolute Gasteiger partial charge is 0.332 e. The zero-order chi connectivity index (χ0) is 11.7. The second-order valence-corrected chi connectivity index (χ2v) is 4.69. The minimum Gasteiger partial charge on any atom is -0.332 e. The van der Waals surface area contributed by atoms with Gasteiger partial charge in [0.15, 0.2) is 5.13 Å². The van der Waals surface area contributed by atoms with Crippen LogP contribution in [0.3, 0.4) is 0 Å². The molecule has 0 amide bonds. The molecular formula is C13H11N3S. The van der Waals surface area contributed by atoms with Gasteiger partial charge in [-0.2, -0.15) is 0 Å². The van der Waals surface area contributed by atoms with Gasteiger partial charge in [-0.1, -0.05) is 6.07 Å². The summed E-state index contributed by atoms with van der Waals surface area (Å²) in [5.41, 5.74) is 3.09. The number of aryl methyl sites for hydroxylation is 1. The maximum Gasteiger partial charge on any atom is 0.187 e. The Balaban J connectivity index is 1.95. The number of fused-ring (bicyclic) bond motifs is 1. The van der Waals surface area contributed by atoms with E-state index in [1.54, 1.807) is 17.5 Å². The Hall–Kier alpha value is -1.94. The van der Waals surface area contributed by atoms with Crippen LogP contribution in [0.2, 0.25) is 0 Å². The summed E-state index contributed by atoms with van der Waals surface area (Å²) >= 11 is 1.61. The lowest BCUT2D eigenvalue weighted by Crippen LogP contribution is -1.89. The van der Waals surface area contributed by atoms with Crippen molar-refractivity contribution in [2.24, 2.45) is 0 Å². The first-order valence-corrected chi connectivity index (χ1v) is 6.23. The van der Waals surface area contributed by atoms with Crippen molar-refractivity contribution in [3.8, 4) is 0 Å². The Morgan fingerprint density at radius 2 is 2.18 bits per heavy atom. The smallest absolute Gasteiger partial charge is 0.187 e. The SMILES string of the molecule is Cc1csc(Nc2ccc3ncccc3c2)n1. The molecule has 1 aromatic carbocycles. The van der Waals surface area contributed by atoms with Crippen LogP contribution in [-0.4, -0.2) is 9.97 Å². The number of nitrogens with one attached hydrogen (secondary N) is 1. The molecule has 3 aromatic rings. The van der Waals surface area contributed by atoms with Gasteiger partial charge in [0.2, 0.25) is 0 Å². The second-order valence-electron chi connectivity index (χ2n) is 3.83. The summed E-state index contributed by atoms with van der Waals surface area (Å²) in [6.45, 7) is 1.99. The minimum atomic E-state index is 0.922. The normalized spacial score (nSPS) is 10.6. The maximum atomic E-state index is 4.38. The average Bonchev–Trinajstić information content (AvgIpc) is 2.75. The molecule has 0 atom stereocenters. The van der Waals surface area contributed by atoms with Gasteiger partial charge in [-0.3, -0.25) is 4.98 Å². The number of hydrogen-bond donors (Lipinski definition) is 1. The van der Waals surface area contributed by atoms with E-state index in [9.17, 15) is 0 Å². The molecule has 4 heteroatoms. The van der Waals surface area contributed by atoms with E-state index in [-0.39, 0.29) is 0 Å². The summed E-state index contributed by atoms with van der Waals surface area (Å²) in [5.74, 6) is 0. The molecule has 0 aliphatic rings. The number of nitrogens with zero attached hydrogens (tertiary/aromatic N) is 2. The molecule has 0 saturated carbocycles. The Morgan fingerprint density at radius 3 is 3.00 bits per heavy atom. The van der Waals surface area contributed by atoms with E-state index in [4.69, 9.17) is 0 Å². The molecule has 2 heterocycles. The Labute approximate surface area is 103 Å². The van der Waals surface area contributed by atoms with Gasteiger partial charge in [0.25, 0.3) is 0 Å². The number of aromatic nitrogens is 2. The number of hydrogen-bond acceptors (Lipinski definition) is 4. The highest BCUT2D eigenvalue weighted by atomic mass is 32.1. The van der Waals surface area contributed by atoms with Crippen molar-refractivity contribution < 1.29 is 0 Å². The van der Waals surface area contributed by atoms with Crippen LogP contribution in [0, 0.1) is 6.92 Å². The molecule has 0 saturated heterocycles. The summed E-state index contributed by atoms with van der Waals surface area (Å²) in [6.07, 6.45) is 1.81. The number of anilines is 2. The van der Waals surface area contributed by atoms with Crippen molar-refractivity contribution in [2.75, 3.05) is 5.32 Å². The monoisotopic (exact) mass is 241 g/mol. The third-order valence-corrected chi connectivity index (χ3v) is 3.35. The molecule has 3 rings (SSSR count). The molecule has 3 nitrogen and oxygen atoms in total. The first-order chi connectivity index (χ1) is 8.31. The molecule has 0 aliphatic carbocycles. The fourth-order valence-electron chi connectivity index (χ4n) is 1.69. The van der Waals surface area contributed by atoms with E-state index < -0.39 is 0 Å². The van der Waals surface area contributed by atoms with Crippen LogP contribution in [0.5, 0.6) is 0 Å². The Kier molecular flexibility index (Phi) is 2.49. The molecule has 0 spiro atoms. The summed E-state index contributed by atoms with van der Waals surface area (Å²) in [4.78, 5) is 8.67. The van der Waals surface area contributed by atoms with Gasteiger partial charge < -0.3 is 5.32 Å². The fraction of sp³-hybridized carbons (Fsp3) is 0.0769. The van der Waals surface area contributed by atoms with Crippen LogP contribution in [0.4, 0.5) is 10.8 Å². The van der Waals surface area contributed by atoms with Crippen LogP contribution < -0.4 is 5.32 Å². The lowest BCUT2D eigenvalue weighted by molar-refractivity contribution is 1.26. The number of pyridine rings is 1. The molecule has 0 bridgehead atoms. The fourth-order valence-corrected chi connectivity index (χ4v) is 2.40. The van der Waals surface area contributed by atoms with Crippen molar-refractivity contribution in [3.05, 3.63) is 47.6 Å². The average molecular weight is 241 g/mol. The van der Waals surface area contributed by atoms with E-state index in [0.29, 0.717) is 0 Å². The van der Waals surface area contributed by atoms with E-state index in [2.05, 4.69) is 27.4 Å². The molecule has 17 heavy (non-hydrogen) atoms. The highest BCUT2D eigenvalue weighted by Gasteiger charge is 2.00. The van der Waals surface area contributed by atoms with Crippen molar-refractivity contribution in [1.29, 1.82) is 0 Å². The molecule has 0 unspecified atom stereocenters. The van der Waals surface area contributed by atoms with Crippen LogP contribution in [0.1, 0.15) is 5.69 Å². The van der Waals surface area contributed by atoms with Crippen molar-refractivity contribution >= 4 is 33.1 Å². The topological polar surface area (TPSA) is 37.8 Å². The summed E-state index contributed by atoms with van der Waals surface area (Å²) in [7, 11) is 0. The van der Waals surface area contributed by atoms with Gasteiger partial charge in [-0.15, -0.1) is 11.3 Å². The Morgan fingerprint density at radius 1 is 1.24 bits per heavy atom. The second kappa shape index (κ2) is 4.14. The first-order valence-electron chi connectivity index (χ1n) is 5.35. The van der Waals surface area contributed by atoms with Crippen molar-refractivity contribution in [1.82, 2.24) is 9.97 Å².